The van der Waals surface area contributed by atoms with Gasteiger partial charge in [0, 0.05) is 5.56 Å². The molecule has 0 bridgehead atoms. The van der Waals surface area contributed by atoms with Gasteiger partial charge in [0.1, 0.15) is 12.4 Å². The lowest BCUT2D eigenvalue weighted by Crippen LogP contribution is -2.22. The first kappa shape index (κ1) is 17.0. The van der Waals surface area contributed by atoms with Crippen LogP contribution in [0.2, 0.25) is 0 Å². The van der Waals surface area contributed by atoms with Crippen LogP contribution in [-0.2, 0) is 16.1 Å². The number of hydrogen-bond acceptors (Lipinski definition) is 4. The maximum atomic E-state index is 14.2. The van der Waals surface area contributed by atoms with Crippen LogP contribution in [0, 0.1) is 12.7 Å². The molecule has 0 spiro atoms. The van der Waals surface area contributed by atoms with Gasteiger partial charge in [-0.2, -0.15) is 4.99 Å². The topological polar surface area (TPSA) is 60.7 Å². The normalized spacial score (nSPS) is 11.7. The lowest BCUT2D eigenvalue weighted by molar-refractivity contribution is -0.141. The number of ether oxygens (including phenoxy) is 1. The van der Waals surface area contributed by atoms with Crippen LogP contribution in [0.4, 0.5) is 4.39 Å². The van der Waals surface area contributed by atoms with Crippen molar-refractivity contribution in [3.05, 3.63) is 64.2 Å². The zero-order chi connectivity index (χ0) is 18.0. The Morgan fingerprint density at radius 3 is 2.72 bits per heavy atom. The minimum atomic E-state index is -0.549. The van der Waals surface area contributed by atoms with E-state index in [1.807, 2.05) is 13.0 Å². The number of carbonyl (C=O) groups is 2. The molecule has 1 aromatic heterocycles. The van der Waals surface area contributed by atoms with Gasteiger partial charge >= 0.3 is 5.97 Å². The molecule has 0 radical (unpaired) electrons. The number of rotatable bonds is 3. The summed E-state index contributed by atoms with van der Waals surface area (Å²) >= 11 is 1.15. The number of hydrogen-bond donors (Lipinski definition) is 0. The predicted molar refractivity (Wildman–Crippen MR) is 92.9 cm³/mol. The summed E-state index contributed by atoms with van der Waals surface area (Å²) in [6.07, 6.45) is 0. The number of aromatic nitrogens is 1. The van der Waals surface area contributed by atoms with Gasteiger partial charge in [-0.1, -0.05) is 35.1 Å². The van der Waals surface area contributed by atoms with E-state index in [0.29, 0.717) is 10.3 Å². The molecule has 3 aromatic rings. The van der Waals surface area contributed by atoms with E-state index in [1.165, 1.54) is 17.7 Å². The third-order valence-corrected chi connectivity index (χ3v) is 4.67. The summed E-state index contributed by atoms with van der Waals surface area (Å²) < 4.78 is 20.9. The van der Waals surface area contributed by atoms with Gasteiger partial charge in [-0.3, -0.25) is 9.59 Å². The molecule has 0 aliphatic heterocycles. The van der Waals surface area contributed by atoms with Crippen LogP contribution in [0.5, 0.6) is 0 Å². The first-order valence-corrected chi connectivity index (χ1v) is 8.31. The highest BCUT2D eigenvalue weighted by Gasteiger charge is 2.15. The second-order valence-electron chi connectivity index (χ2n) is 5.42. The van der Waals surface area contributed by atoms with Gasteiger partial charge in [0.15, 0.2) is 4.80 Å². The largest absolute Gasteiger partial charge is 0.468 e. The SMILES string of the molecule is COC(=O)Cn1c(=NC(=O)c2cccc(C)c2)sc2cccc(F)c21. The molecule has 3 rings (SSSR count). The second-order valence-corrected chi connectivity index (χ2v) is 6.43. The molecule has 5 nitrogen and oxygen atoms in total. The molecule has 25 heavy (non-hydrogen) atoms. The number of amides is 1. The number of halogens is 1. The van der Waals surface area contributed by atoms with Gasteiger partial charge in [0.25, 0.3) is 5.91 Å². The lowest BCUT2D eigenvalue weighted by Gasteiger charge is -2.04. The highest BCUT2D eigenvalue weighted by Crippen LogP contribution is 2.20. The van der Waals surface area contributed by atoms with Crippen molar-refractivity contribution in [1.82, 2.24) is 4.57 Å². The van der Waals surface area contributed by atoms with Crippen molar-refractivity contribution in [2.45, 2.75) is 13.5 Å². The smallest absolute Gasteiger partial charge is 0.325 e. The fourth-order valence-electron chi connectivity index (χ4n) is 2.44. The average molecular weight is 358 g/mol. The van der Waals surface area contributed by atoms with E-state index in [1.54, 1.807) is 30.3 Å². The number of benzene rings is 2. The Morgan fingerprint density at radius 2 is 2.00 bits per heavy atom. The van der Waals surface area contributed by atoms with Crippen molar-refractivity contribution < 1.29 is 18.7 Å². The van der Waals surface area contributed by atoms with E-state index in [0.717, 1.165) is 16.9 Å². The summed E-state index contributed by atoms with van der Waals surface area (Å²) in [5.41, 5.74) is 1.60. The van der Waals surface area contributed by atoms with Gasteiger partial charge in [0.2, 0.25) is 0 Å². The van der Waals surface area contributed by atoms with Crippen molar-refractivity contribution in [2.24, 2.45) is 4.99 Å². The van der Waals surface area contributed by atoms with Crippen LogP contribution in [-0.4, -0.2) is 23.6 Å². The molecule has 128 valence electrons. The molecule has 2 aromatic carbocycles. The number of esters is 1. The summed E-state index contributed by atoms with van der Waals surface area (Å²) in [4.78, 5) is 28.5. The van der Waals surface area contributed by atoms with Gasteiger partial charge in [-0.05, 0) is 31.2 Å². The van der Waals surface area contributed by atoms with Crippen LogP contribution >= 0.6 is 11.3 Å². The fourth-order valence-corrected chi connectivity index (χ4v) is 3.48. The van der Waals surface area contributed by atoms with Gasteiger partial charge in [0.05, 0.1) is 17.3 Å². The molecule has 0 aliphatic carbocycles. The molecule has 0 aliphatic rings. The number of aryl methyl sites for hydroxylation is 1. The molecule has 7 heteroatoms. The van der Waals surface area contributed by atoms with E-state index in [4.69, 9.17) is 0 Å². The van der Waals surface area contributed by atoms with Crippen LogP contribution in [0.3, 0.4) is 0 Å². The third-order valence-electron chi connectivity index (χ3n) is 3.63. The summed E-state index contributed by atoms with van der Waals surface area (Å²) in [5.74, 6) is -1.48. The maximum Gasteiger partial charge on any atom is 0.325 e. The highest BCUT2D eigenvalue weighted by atomic mass is 32.1. The summed E-state index contributed by atoms with van der Waals surface area (Å²) in [5, 5.41) is 0. The molecule has 1 amide bonds. The Balaban J connectivity index is 2.17. The first-order chi connectivity index (χ1) is 12.0. The molecule has 0 N–H and O–H groups in total. The van der Waals surface area contributed by atoms with E-state index in [2.05, 4.69) is 9.73 Å². The quantitative estimate of drug-likeness (QED) is 0.676. The number of carbonyl (C=O) groups excluding carboxylic acids is 2. The minimum Gasteiger partial charge on any atom is -0.468 e. The number of fused-ring (bicyclic) bond motifs is 1. The lowest BCUT2D eigenvalue weighted by atomic mass is 10.1. The Morgan fingerprint density at radius 1 is 1.24 bits per heavy atom. The molecule has 0 atom stereocenters. The Labute approximate surface area is 147 Å². The molecule has 0 saturated heterocycles. The van der Waals surface area contributed by atoms with Crippen LogP contribution in [0.1, 0.15) is 15.9 Å². The fraction of sp³-hybridized carbons (Fsp3) is 0.167. The van der Waals surface area contributed by atoms with Crippen LogP contribution in [0.25, 0.3) is 10.2 Å². The summed E-state index contributed by atoms with van der Waals surface area (Å²) in [6, 6.07) is 11.6. The monoisotopic (exact) mass is 358 g/mol. The number of nitrogens with zero attached hydrogens (tertiary/aromatic N) is 2. The summed E-state index contributed by atoms with van der Waals surface area (Å²) in [6.45, 7) is 1.65. The third kappa shape index (κ3) is 3.51. The molecule has 1 heterocycles. The number of thiazole rings is 1. The molecule has 0 unspecified atom stereocenters. The van der Waals surface area contributed by atoms with Crippen molar-refractivity contribution >= 4 is 33.4 Å². The molecule has 0 fully saturated rings. The maximum absolute atomic E-state index is 14.2. The molecular formula is C18H15FN2O3S. The van der Waals surface area contributed by atoms with E-state index in [9.17, 15) is 14.0 Å². The minimum absolute atomic E-state index is 0.225. The van der Waals surface area contributed by atoms with E-state index >= 15 is 0 Å². The van der Waals surface area contributed by atoms with Crippen molar-refractivity contribution in [1.29, 1.82) is 0 Å². The molecule has 0 saturated carbocycles. The predicted octanol–water partition coefficient (Wildman–Crippen LogP) is 3.06. The van der Waals surface area contributed by atoms with E-state index in [-0.39, 0.29) is 16.9 Å². The number of para-hydroxylation sites is 1. The zero-order valence-corrected chi connectivity index (χ0v) is 14.5. The van der Waals surface area contributed by atoms with Gasteiger partial charge < -0.3 is 9.30 Å². The molecular weight excluding hydrogens is 343 g/mol. The summed E-state index contributed by atoms with van der Waals surface area (Å²) in [7, 11) is 1.25. The number of methoxy groups -OCH3 is 1. The van der Waals surface area contributed by atoms with Crippen molar-refractivity contribution in [3.63, 3.8) is 0 Å². The average Bonchev–Trinajstić information content (AvgIpc) is 2.93. The van der Waals surface area contributed by atoms with E-state index < -0.39 is 17.7 Å². The zero-order valence-electron chi connectivity index (χ0n) is 13.7. The van der Waals surface area contributed by atoms with Crippen molar-refractivity contribution in [3.8, 4) is 0 Å². The van der Waals surface area contributed by atoms with Crippen molar-refractivity contribution in [2.75, 3.05) is 7.11 Å². The van der Waals surface area contributed by atoms with Gasteiger partial charge in [-0.25, -0.2) is 4.39 Å². The Bertz CT molecular complexity index is 1040. The van der Waals surface area contributed by atoms with Crippen LogP contribution in [0.15, 0.2) is 47.5 Å². The standard InChI is InChI=1S/C18H15FN2O3S/c1-11-5-3-6-12(9-11)17(23)20-18-21(10-15(22)24-2)16-13(19)7-4-8-14(16)25-18/h3-9H,10H2,1-2H3. The second kappa shape index (κ2) is 6.98. The first-order valence-electron chi connectivity index (χ1n) is 7.50. The Kier molecular flexibility index (Phi) is 4.76. The highest BCUT2D eigenvalue weighted by molar-refractivity contribution is 7.16. The van der Waals surface area contributed by atoms with Crippen LogP contribution < -0.4 is 4.80 Å². The van der Waals surface area contributed by atoms with Gasteiger partial charge in [-0.15, -0.1) is 0 Å². The Hall–Kier alpha value is -2.80.